The first-order valence-corrected chi connectivity index (χ1v) is 9.69. The molecule has 1 fully saturated rings. The highest BCUT2D eigenvalue weighted by Crippen LogP contribution is 2.29. The Hall–Kier alpha value is -2.65. The minimum atomic E-state index is -1.25. The number of methoxy groups -OCH3 is 1. The molecule has 0 saturated carbocycles. The van der Waals surface area contributed by atoms with Gasteiger partial charge in [0, 0.05) is 12.8 Å². The van der Waals surface area contributed by atoms with Crippen LogP contribution >= 0.6 is 0 Å². The zero-order valence-corrected chi connectivity index (χ0v) is 16.6. The molecule has 3 rings (SSSR count). The van der Waals surface area contributed by atoms with Crippen LogP contribution in [0, 0.1) is 0 Å². The molecule has 2 aromatic carbocycles. The van der Waals surface area contributed by atoms with Gasteiger partial charge in [-0.3, -0.25) is 0 Å². The molecular formula is C22H26O8. The van der Waals surface area contributed by atoms with Crippen LogP contribution in [-0.4, -0.2) is 66.2 Å². The number of carbonyl (C=O) groups is 1. The molecule has 0 aromatic heterocycles. The fourth-order valence-corrected chi connectivity index (χ4v) is 3.15. The van der Waals surface area contributed by atoms with Crippen molar-refractivity contribution >= 4 is 5.97 Å². The van der Waals surface area contributed by atoms with Crippen LogP contribution in [-0.2, 0) is 15.9 Å². The molecule has 0 spiro atoms. The van der Waals surface area contributed by atoms with Gasteiger partial charge in [0.2, 0.25) is 0 Å². The Kier molecular flexibility index (Phi) is 7.64. The van der Waals surface area contributed by atoms with E-state index in [0.717, 1.165) is 12.0 Å². The molecule has 1 heterocycles. The maximum Gasteiger partial charge on any atom is 0.338 e. The van der Waals surface area contributed by atoms with E-state index < -0.39 is 30.6 Å². The SMILES string of the molecule is COc1cc(C(=O)OCC2OC(O)CC(O)C2O)ccc1OCCc1ccccc1. The third-order valence-electron chi connectivity index (χ3n) is 4.82. The van der Waals surface area contributed by atoms with E-state index in [4.69, 9.17) is 18.9 Å². The van der Waals surface area contributed by atoms with Gasteiger partial charge in [0.05, 0.1) is 25.4 Å². The molecule has 0 aliphatic carbocycles. The van der Waals surface area contributed by atoms with Crippen molar-refractivity contribution in [3.63, 3.8) is 0 Å². The molecule has 30 heavy (non-hydrogen) atoms. The molecule has 0 amide bonds. The van der Waals surface area contributed by atoms with E-state index in [1.807, 2.05) is 30.3 Å². The van der Waals surface area contributed by atoms with Crippen molar-refractivity contribution in [1.82, 2.24) is 0 Å². The predicted octanol–water partition coefficient (Wildman–Crippen LogP) is 1.30. The van der Waals surface area contributed by atoms with Crippen molar-refractivity contribution in [2.75, 3.05) is 20.3 Å². The average molecular weight is 418 g/mol. The number of rotatable bonds is 8. The van der Waals surface area contributed by atoms with E-state index >= 15 is 0 Å². The third kappa shape index (κ3) is 5.70. The summed E-state index contributed by atoms with van der Waals surface area (Å²) in [6, 6.07) is 14.6. The van der Waals surface area contributed by atoms with Crippen LogP contribution in [0.15, 0.2) is 48.5 Å². The van der Waals surface area contributed by atoms with Gasteiger partial charge in [-0.15, -0.1) is 0 Å². The van der Waals surface area contributed by atoms with Gasteiger partial charge in [-0.1, -0.05) is 30.3 Å². The van der Waals surface area contributed by atoms with Crippen LogP contribution in [0.2, 0.25) is 0 Å². The lowest BCUT2D eigenvalue weighted by Gasteiger charge is -2.34. The molecule has 1 aliphatic rings. The van der Waals surface area contributed by atoms with E-state index in [0.29, 0.717) is 18.1 Å². The van der Waals surface area contributed by atoms with Crippen LogP contribution in [0.1, 0.15) is 22.3 Å². The van der Waals surface area contributed by atoms with Crippen LogP contribution < -0.4 is 9.47 Å². The Balaban J connectivity index is 1.56. The van der Waals surface area contributed by atoms with Crippen molar-refractivity contribution < 1.29 is 39.1 Å². The summed E-state index contributed by atoms with van der Waals surface area (Å²) in [5.41, 5.74) is 1.38. The molecule has 162 valence electrons. The van der Waals surface area contributed by atoms with Crippen LogP contribution in [0.4, 0.5) is 0 Å². The molecule has 1 saturated heterocycles. The summed E-state index contributed by atoms with van der Waals surface area (Å²) in [7, 11) is 1.48. The minimum absolute atomic E-state index is 0.103. The Morgan fingerprint density at radius 1 is 1.10 bits per heavy atom. The number of hydrogen-bond donors (Lipinski definition) is 3. The lowest BCUT2D eigenvalue weighted by atomic mass is 10.0. The molecule has 2 aromatic rings. The first kappa shape index (κ1) is 22.0. The van der Waals surface area contributed by atoms with Crippen molar-refractivity contribution in [3.8, 4) is 11.5 Å². The summed E-state index contributed by atoms with van der Waals surface area (Å²) in [6.07, 6.45) is -4.01. The van der Waals surface area contributed by atoms with Gasteiger partial charge in [-0.2, -0.15) is 0 Å². The Morgan fingerprint density at radius 3 is 2.60 bits per heavy atom. The van der Waals surface area contributed by atoms with Gasteiger partial charge in [0.25, 0.3) is 0 Å². The number of hydrogen-bond acceptors (Lipinski definition) is 8. The van der Waals surface area contributed by atoms with E-state index in [9.17, 15) is 20.1 Å². The summed E-state index contributed by atoms with van der Waals surface area (Å²) >= 11 is 0. The number of carbonyl (C=O) groups excluding carboxylic acids is 1. The fourth-order valence-electron chi connectivity index (χ4n) is 3.15. The number of esters is 1. The summed E-state index contributed by atoms with van der Waals surface area (Å²) in [4.78, 5) is 12.4. The van der Waals surface area contributed by atoms with Crippen molar-refractivity contribution in [2.45, 2.75) is 37.4 Å². The molecule has 4 atom stereocenters. The molecule has 0 radical (unpaired) electrons. The van der Waals surface area contributed by atoms with Crippen LogP contribution in [0.5, 0.6) is 11.5 Å². The molecular weight excluding hydrogens is 392 g/mol. The molecule has 1 aliphatic heterocycles. The third-order valence-corrected chi connectivity index (χ3v) is 4.82. The number of ether oxygens (including phenoxy) is 4. The summed E-state index contributed by atoms with van der Waals surface area (Å²) in [5.74, 6) is 0.231. The largest absolute Gasteiger partial charge is 0.493 e. The zero-order valence-electron chi connectivity index (χ0n) is 16.6. The van der Waals surface area contributed by atoms with Gasteiger partial charge in [-0.25, -0.2) is 4.79 Å². The summed E-state index contributed by atoms with van der Waals surface area (Å²) in [5, 5.41) is 29.1. The van der Waals surface area contributed by atoms with Gasteiger partial charge in [0.1, 0.15) is 18.8 Å². The predicted molar refractivity (Wildman–Crippen MR) is 106 cm³/mol. The minimum Gasteiger partial charge on any atom is -0.493 e. The second-order valence-electron chi connectivity index (χ2n) is 6.97. The number of benzene rings is 2. The van der Waals surface area contributed by atoms with Crippen LogP contribution in [0.3, 0.4) is 0 Å². The van der Waals surface area contributed by atoms with Crippen LogP contribution in [0.25, 0.3) is 0 Å². The topological polar surface area (TPSA) is 115 Å². The number of aliphatic hydroxyl groups excluding tert-OH is 3. The molecule has 4 unspecified atom stereocenters. The normalized spacial score (nSPS) is 23.6. The Morgan fingerprint density at radius 2 is 1.87 bits per heavy atom. The molecule has 0 bridgehead atoms. The lowest BCUT2D eigenvalue weighted by Crippen LogP contribution is -2.50. The van der Waals surface area contributed by atoms with Gasteiger partial charge >= 0.3 is 5.97 Å². The molecule has 3 N–H and O–H groups in total. The standard InChI is InChI=1S/C22H26O8/c1-27-18-11-15(7-8-17(18)28-10-9-14-5-3-2-4-6-14)22(26)29-13-19-21(25)16(23)12-20(24)30-19/h2-8,11,16,19-21,23-25H,9-10,12-13H2,1H3. The monoisotopic (exact) mass is 418 g/mol. The molecule has 8 heteroatoms. The quantitative estimate of drug-likeness (QED) is 0.550. The van der Waals surface area contributed by atoms with Crippen molar-refractivity contribution in [2.24, 2.45) is 0 Å². The highest BCUT2D eigenvalue weighted by atomic mass is 16.6. The second kappa shape index (κ2) is 10.4. The van der Waals surface area contributed by atoms with Gasteiger partial charge < -0.3 is 34.3 Å². The number of aliphatic hydroxyl groups is 3. The summed E-state index contributed by atoms with van der Waals surface area (Å²) in [6.45, 7) is 0.136. The first-order chi connectivity index (χ1) is 14.5. The maximum absolute atomic E-state index is 12.4. The second-order valence-corrected chi connectivity index (χ2v) is 6.97. The Bertz CT molecular complexity index is 825. The van der Waals surface area contributed by atoms with Crippen molar-refractivity contribution in [3.05, 3.63) is 59.7 Å². The van der Waals surface area contributed by atoms with E-state index in [2.05, 4.69) is 0 Å². The van der Waals surface area contributed by atoms with Gasteiger partial charge in [-0.05, 0) is 23.8 Å². The fraction of sp³-hybridized carbons (Fsp3) is 0.409. The molecule has 8 nitrogen and oxygen atoms in total. The lowest BCUT2D eigenvalue weighted by molar-refractivity contribution is -0.239. The zero-order chi connectivity index (χ0) is 21.5. The van der Waals surface area contributed by atoms with E-state index in [1.54, 1.807) is 12.1 Å². The maximum atomic E-state index is 12.4. The Labute approximate surface area is 174 Å². The van der Waals surface area contributed by atoms with Gasteiger partial charge in [0.15, 0.2) is 17.8 Å². The summed E-state index contributed by atoms with van der Waals surface area (Å²) < 4.78 is 21.4. The highest BCUT2D eigenvalue weighted by molar-refractivity contribution is 5.90. The van der Waals surface area contributed by atoms with Crippen molar-refractivity contribution in [1.29, 1.82) is 0 Å². The van der Waals surface area contributed by atoms with E-state index in [1.165, 1.54) is 13.2 Å². The smallest absolute Gasteiger partial charge is 0.338 e. The first-order valence-electron chi connectivity index (χ1n) is 9.69. The van der Waals surface area contributed by atoms with E-state index in [-0.39, 0.29) is 18.6 Å². The average Bonchev–Trinajstić information content (AvgIpc) is 2.75. The highest BCUT2D eigenvalue weighted by Gasteiger charge is 2.36.